The smallest absolute Gasteiger partial charge is 0.0878 e. The molecule has 0 aliphatic carbocycles. The minimum atomic E-state index is -5.10. The van der Waals surface area contributed by atoms with Crippen molar-refractivity contribution < 1.29 is 28.5 Å². The van der Waals surface area contributed by atoms with Crippen molar-refractivity contribution >= 4 is 21.0 Å². The van der Waals surface area contributed by atoms with E-state index >= 15 is 0 Å². The lowest BCUT2D eigenvalue weighted by Gasteiger charge is -2.36. The lowest BCUT2D eigenvalue weighted by molar-refractivity contribution is -0.312. The quantitative estimate of drug-likeness (QED) is 0.442. The van der Waals surface area contributed by atoms with Gasteiger partial charge >= 0.3 is 0 Å². The second-order valence-corrected chi connectivity index (χ2v) is 10.8. The average molecular weight is 399 g/mol. The molecule has 0 saturated heterocycles. The van der Waals surface area contributed by atoms with Crippen LogP contribution >= 0.6 is 15.0 Å². The molecule has 0 saturated carbocycles. The Hall–Kier alpha value is -1.00. The van der Waals surface area contributed by atoms with Crippen molar-refractivity contribution in [1.29, 1.82) is 0 Å². The fourth-order valence-corrected chi connectivity index (χ4v) is 5.07. The molecule has 0 aromatic heterocycles. The first-order valence-corrected chi connectivity index (χ1v) is 12.0. The van der Waals surface area contributed by atoms with E-state index in [0.29, 0.717) is 0 Å². The van der Waals surface area contributed by atoms with E-state index in [1.807, 2.05) is 24.3 Å². The third-order valence-electron chi connectivity index (χ3n) is 3.43. The molecule has 0 fully saturated rings. The minimum absolute atomic E-state index is 0.0256. The number of rotatable bonds is 10. The van der Waals surface area contributed by atoms with Gasteiger partial charge < -0.3 is 28.5 Å². The van der Waals surface area contributed by atoms with Crippen LogP contribution in [0.3, 0.4) is 0 Å². The largest absolute Gasteiger partial charge is 0.810 e. The molecule has 0 heterocycles. The summed E-state index contributed by atoms with van der Waals surface area (Å²) in [7, 11) is -9.47. The predicted molar refractivity (Wildman–Crippen MR) is 98.5 cm³/mol. The first-order valence-electron chi connectivity index (χ1n) is 8.24. The summed E-state index contributed by atoms with van der Waals surface area (Å²) in [6, 6.07) is 7.45. The number of hydrogen-bond acceptors (Lipinski definition) is 6. The average Bonchev–Trinajstić information content (AvgIpc) is 2.46. The highest BCUT2D eigenvalue weighted by atomic mass is 31.2. The fraction of sp³-hybridized carbons (Fsp3) is 0.444. The second kappa shape index (κ2) is 10.4. The molecule has 1 rings (SSSR count). The van der Waals surface area contributed by atoms with E-state index in [4.69, 9.17) is 4.74 Å². The van der Waals surface area contributed by atoms with Crippen LogP contribution in [0.2, 0.25) is 0 Å². The van der Waals surface area contributed by atoms with Gasteiger partial charge in [-0.3, -0.25) is 0 Å². The monoisotopic (exact) mass is 399 g/mol. The molecule has 0 bridgehead atoms. The molecule has 1 atom stereocenters. The zero-order valence-corrected chi connectivity index (χ0v) is 17.1. The fourth-order valence-electron chi connectivity index (χ4n) is 2.26. The van der Waals surface area contributed by atoms with Crippen LogP contribution in [0.1, 0.15) is 44.7 Å². The van der Waals surface area contributed by atoms with Crippen LogP contribution in [0, 0.1) is 0 Å². The van der Waals surface area contributed by atoms with Crippen LogP contribution in [0.5, 0.6) is 0 Å². The number of hydrogen-bond donors (Lipinski definition) is 0. The van der Waals surface area contributed by atoms with Gasteiger partial charge in [-0.1, -0.05) is 55.2 Å². The third kappa shape index (κ3) is 10.9. The third-order valence-corrected chi connectivity index (χ3v) is 7.11. The molecule has 0 radical (unpaired) electrons. The van der Waals surface area contributed by atoms with Crippen molar-refractivity contribution in [2.45, 2.75) is 40.2 Å². The number of benzene rings is 1. The molecule has 0 aliphatic heterocycles. The van der Waals surface area contributed by atoms with E-state index in [2.05, 4.69) is 32.9 Å². The van der Waals surface area contributed by atoms with Gasteiger partial charge in [-0.2, -0.15) is 0 Å². The minimum Gasteiger partial charge on any atom is -0.810 e. The van der Waals surface area contributed by atoms with Gasteiger partial charge in [0, 0.05) is 13.3 Å². The Morgan fingerprint density at radius 3 is 2.23 bits per heavy atom. The maximum Gasteiger partial charge on any atom is 0.0878 e. The molecule has 0 spiro atoms. The lowest BCUT2D eigenvalue weighted by atomic mass is 10.1. The van der Waals surface area contributed by atoms with Gasteiger partial charge in [-0.15, -0.1) is 0 Å². The van der Waals surface area contributed by atoms with E-state index in [1.165, 1.54) is 11.1 Å². The van der Waals surface area contributed by atoms with Crippen molar-refractivity contribution in [2.75, 3.05) is 12.3 Å². The molecule has 1 unspecified atom stereocenters. The summed E-state index contributed by atoms with van der Waals surface area (Å²) in [5, 5.41) is 0. The Morgan fingerprint density at radius 2 is 1.69 bits per heavy atom. The van der Waals surface area contributed by atoms with Crippen LogP contribution in [0.15, 0.2) is 41.5 Å². The van der Waals surface area contributed by atoms with Crippen LogP contribution < -0.4 is 14.7 Å². The summed E-state index contributed by atoms with van der Waals surface area (Å²) in [4.78, 5) is 32.5. The maximum atomic E-state index is 11.5. The van der Waals surface area contributed by atoms with Crippen LogP contribution in [-0.4, -0.2) is 12.3 Å². The number of allylic oxidation sites excluding steroid dienone is 3. The molecular weight excluding hydrogens is 374 g/mol. The van der Waals surface area contributed by atoms with Crippen molar-refractivity contribution in [3.63, 3.8) is 0 Å². The van der Waals surface area contributed by atoms with Crippen LogP contribution in [-0.2, 0) is 20.5 Å². The van der Waals surface area contributed by atoms with E-state index in [1.54, 1.807) is 0 Å². The molecule has 6 nitrogen and oxygen atoms in total. The molecule has 1 aromatic rings. The first-order chi connectivity index (χ1) is 12.0. The van der Waals surface area contributed by atoms with Crippen LogP contribution in [0.4, 0.5) is 0 Å². The second-order valence-electron chi connectivity index (χ2n) is 6.60. The van der Waals surface area contributed by atoms with Gasteiger partial charge in [-0.25, -0.2) is 0 Å². The molecule has 0 aliphatic rings. The predicted octanol–water partition coefficient (Wildman–Crippen LogP) is 2.82. The summed E-state index contributed by atoms with van der Waals surface area (Å²) in [6.45, 7) is 6.25. The van der Waals surface area contributed by atoms with Crippen LogP contribution in [0.25, 0.3) is 6.08 Å². The van der Waals surface area contributed by atoms with E-state index in [-0.39, 0.29) is 6.61 Å². The first kappa shape index (κ1) is 23.0. The van der Waals surface area contributed by atoms with Gasteiger partial charge in [0.15, 0.2) is 0 Å². The Labute approximate surface area is 155 Å². The molecular formula is C18H25O6P2-3. The highest BCUT2D eigenvalue weighted by Crippen LogP contribution is 2.47. The molecule has 0 amide bonds. The van der Waals surface area contributed by atoms with Gasteiger partial charge in [0.2, 0.25) is 0 Å². The molecule has 1 aromatic carbocycles. The SMILES string of the molecule is CC(C)=CCC/C(C)=C/c1ccc(COCP(=O)([O-])CP(=O)([O-])[O-])cc1. The van der Waals surface area contributed by atoms with E-state index in [0.717, 1.165) is 24.0 Å². The number of ether oxygens (including phenoxy) is 1. The normalized spacial score (nSPS) is 14.8. The Kier molecular flexibility index (Phi) is 9.18. The zero-order chi connectivity index (χ0) is 19.8. The Morgan fingerprint density at radius 1 is 1.08 bits per heavy atom. The Bertz CT molecular complexity index is 727. The van der Waals surface area contributed by atoms with Gasteiger partial charge in [-0.05, 0) is 44.7 Å². The summed E-state index contributed by atoms with van der Waals surface area (Å²) in [5.41, 5.74) is 4.37. The highest BCUT2D eigenvalue weighted by molar-refractivity contribution is 7.70. The summed E-state index contributed by atoms with van der Waals surface area (Å²) in [5.74, 6) is -1.39. The van der Waals surface area contributed by atoms with Gasteiger partial charge in [0.05, 0.1) is 13.0 Å². The molecule has 0 N–H and O–H groups in total. The van der Waals surface area contributed by atoms with Gasteiger partial charge in [0.1, 0.15) is 0 Å². The van der Waals surface area contributed by atoms with E-state index in [9.17, 15) is 23.8 Å². The van der Waals surface area contributed by atoms with Gasteiger partial charge in [0.25, 0.3) is 0 Å². The molecule has 26 heavy (non-hydrogen) atoms. The molecule has 8 heteroatoms. The highest BCUT2D eigenvalue weighted by Gasteiger charge is 2.10. The zero-order valence-electron chi connectivity index (χ0n) is 15.3. The summed E-state index contributed by atoms with van der Waals surface area (Å²) in [6.07, 6.45) is 5.51. The van der Waals surface area contributed by atoms with E-state index < -0.39 is 27.2 Å². The lowest BCUT2D eigenvalue weighted by Crippen LogP contribution is -2.21. The van der Waals surface area contributed by atoms with Crippen molar-refractivity contribution in [3.8, 4) is 0 Å². The van der Waals surface area contributed by atoms with Crippen molar-refractivity contribution in [2.24, 2.45) is 0 Å². The van der Waals surface area contributed by atoms with Crippen molar-refractivity contribution in [3.05, 3.63) is 52.6 Å². The Balaban J connectivity index is 2.51. The maximum absolute atomic E-state index is 11.5. The topological polar surface area (TPSA) is 113 Å². The summed E-state index contributed by atoms with van der Waals surface area (Å²) < 4.78 is 27.0. The summed E-state index contributed by atoms with van der Waals surface area (Å²) >= 11 is 0. The van der Waals surface area contributed by atoms with Crippen molar-refractivity contribution in [1.82, 2.24) is 0 Å². The molecule has 146 valence electrons. The standard InChI is InChI=1S/C18H28O6P2/c1-15(2)5-4-6-16(3)11-17-7-9-18(10-8-17)12-24-13-25(19,20)14-26(21,22)23/h5,7-11H,4,6,12-14H2,1-3H3,(H,19,20)(H2,21,22,23)/p-3/b16-11+.